The summed E-state index contributed by atoms with van der Waals surface area (Å²) in [5.74, 6) is 0.665. The molecule has 0 spiro atoms. The first-order valence-corrected chi connectivity index (χ1v) is 5.49. The Morgan fingerprint density at radius 1 is 1.27 bits per heavy atom. The van der Waals surface area contributed by atoms with Crippen LogP contribution in [0.1, 0.15) is 25.8 Å². The van der Waals surface area contributed by atoms with Gasteiger partial charge in [-0.1, -0.05) is 44.2 Å². The molecule has 0 aliphatic rings. The molecule has 2 nitrogen and oxygen atoms in total. The molecule has 0 unspecified atom stereocenters. The zero-order chi connectivity index (χ0) is 11.1. The van der Waals surface area contributed by atoms with Crippen LogP contribution >= 0.6 is 0 Å². The minimum absolute atomic E-state index is 0.146. The summed E-state index contributed by atoms with van der Waals surface area (Å²) in [5.41, 5.74) is 1.22. The molecule has 2 heteroatoms. The van der Waals surface area contributed by atoms with Gasteiger partial charge in [-0.15, -0.1) is 0 Å². The predicted molar refractivity (Wildman–Crippen MR) is 62.6 cm³/mol. The van der Waals surface area contributed by atoms with Gasteiger partial charge in [-0.05, 0) is 17.9 Å². The molecular formula is C13H19NO. The molecule has 0 atom stereocenters. The van der Waals surface area contributed by atoms with E-state index in [0.29, 0.717) is 12.3 Å². The van der Waals surface area contributed by atoms with Crippen molar-refractivity contribution in [3.63, 3.8) is 0 Å². The third-order valence-electron chi connectivity index (χ3n) is 2.19. The van der Waals surface area contributed by atoms with Crippen LogP contribution in [0.4, 0.5) is 0 Å². The van der Waals surface area contributed by atoms with Crippen molar-refractivity contribution in [1.82, 2.24) is 5.32 Å². The van der Waals surface area contributed by atoms with Gasteiger partial charge in [0.2, 0.25) is 5.91 Å². The first-order valence-electron chi connectivity index (χ1n) is 5.49. The van der Waals surface area contributed by atoms with Crippen LogP contribution in [0.2, 0.25) is 0 Å². The molecule has 0 heterocycles. The molecule has 0 saturated carbocycles. The number of hydrogen-bond acceptors (Lipinski definition) is 1. The summed E-state index contributed by atoms with van der Waals surface area (Å²) in [6.45, 7) is 4.96. The monoisotopic (exact) mass is 205 g/mol. The molecule has 0 fully saturated rings. The summed E-state index contributed by atoms with van der Waals surface area (Å²) >= 11 is 0. The van der Waals surface area contributed by atoms with Crippen molar-refractivity contribution >= 4 is 5.91 Å². The number of hydrogen-bond donors (Lipinski definition) is 1. The Balaban J connectivity index is 2.23. The van der Waals surface area contributed by atoms with Crippen molar-refractivity contribution in [3.05, 3.63) is 35.9 Å². The summed E-state index contributed by atoms with van der Waals surface area (Å²) in [7, 11) is 0. The molecular weight excluding hydrogens is 186 g/mol. The van der Waals surface area contributed by atoms with E-state index in [9.17, 15) is 4.79 Å². The molecule has 1 amide bonds. The molecule has 0 aliphatic heterocycles. The number of nitrogens with one attached hydrogen (secondary N) is 1. The van der Waals surface area contributed by atoms with E-state index in [1.807, 2.05) is 18.2 Å². The molecule has 0 aliphatic carbocycles. The number of amides is 1. The minimum Gasteiger partial charge on any atom is -0.356 e. The second-order valence-corrected chi connectivity index (χ2v) is 4.18. The van der Waals surface area contributed by atoms with Crippen LogP contribution in [-0.2, 0) is 11.2 Å². The fourth-order valence-electron chi connectivity index (χ4n) is 1.31. The van der Waals surface area contributed by atoms with Crippen LogP contribution in [0.5, 0.6) is 0 Å². The molecule has 1 rings (SSSR count). The summed E-state index contributed by atoms with van der Waals surface area (Å²) in [5, 5.41) is 2.91. The van der Waals surface area contributed by atoms with Crippen molar-refractivity contribution in [2.45, 2.75) is 26.7 Å². The van der Waals surface area contributed by atoms with Gasteiger partial charge in [-0.25, -0.2) is 0 Å². The Morgan fingerprint density at radius 2 is 1.93 bits per heavy atom. The lowest BCUT2D eigenvalue weighted by Crippen LogP contribution is -2.27. The standard InChI is InChI=1S/C13H19NO/c1-11(2)10-14-13(15)9-8-12-6-4-3-5-7-12/h3-7,11H,8-10H2,1-2H3,(H,14,15). The van der Waals surface area contributed by atoms with Gasteiger partial charge in [0.1, 0.15) is 0 Å². The second-order valence-electron chi connectivity index (χ2n) is 4.18. The van der Waals surface area contributed by atoms with E-state index in [4.69, 9.17) is 0 Å². The summed E-state index contributed by atoms with van der Waals surface area (Å²) in [6, 6.07) is 10.1. The molecule has 0 bridgehead atoms. The molecule has 15 heavy (non-hydrogen) atoms. The lowest BCUT2D eigenvalue weighted by Gasteiger charge is -2.07. The molecule has 1 aromatic rings. The maximum atomic E-state index is 11.4. The van der Waals surface area contributed by atoms with Gasteiger partial charge in [-0.3, -0.25) is 4.79 Å². The topological polar surface area (TPSA) is 29.1 Å². The van der Waals surface area contributed by atoms with E-state index in [-0.39, 0.29) is 5.91 Å². The zero-order valence-electron chi connectivity index (χ0n) is 9.49. The quantitative estimate of drug-likeness (QED) is 0.785. The van der Waals surface area contributed by atoms with Crippen molar-refractivity contribution in [2.24, 2.45) is 5.92 Å². The van der Waals surface area contributed by atoms with E-state index < -0.39 is 0 Å². The molecule has 0 saturated heterocycles. The normalized spacial score (nSPS) is 10.3. The van der Waals surface area contributed by atoms with E-state index in [2.05, 4.69) is 31.3 Å². The lowest BCUT2D eigenvalue weighted by atomic mass is 10.1. The van der Waals surface area contributed by atoms with E-state index >= 15 is 0 Å². The van der Waals surface area contributed by atoms with Gasteiger partial charge in [0.25, 0.3) is 0 Å². The first-order chi connectivity index (χ1) is 7.18. The fourth-order valence-corrected chi connectivity index (χ4v) is 1.31. The maximum absolute atomic E-state index is 11.4. The van der Waals surface area contributed by atoms with E-state index in [0.717, 1.165) is 13.0 Å². The maximum Gasteiger partial charge on any atom is 0.220 e. The van der Waals surface area contributed by atoms with Crippen molar-refractivity contribution in [1.29, 1.82) is 0 Å². The Bertz CT molecular complexity index is 293. The number of carbonyl (C=O) groups excluding carboxylic acids is 1. The zero-order valence-corrected chi connectivity index (χ0v) is 9.49. The summed E-state index contributed by atoms with van der Waals surface area (Å²) in [6.07, 6.45) is 1.40. The van der Waals surface area contributed by atoms with Crippen molar-refractivity contribution < 1.29 is 4.79 Å². The fraction of sp³-hybridized carbons (Fsp3) is 0.462. The highest BCUT2D eigenvalue weighted by molar-refractivity contribution is 5.76. The van der Waals surface area contributed by atoms with Crippen LogP contribution in [0.3, 0.4) is 0 Å². The highest BCUT2D eigenvalue weighted by Gasteiger charge is 2.02. The van der Waals surface area contributed by atoms with Crippen LogP contribution in [0, 0.1) is 5.92 Å². The molecule has 1 aromatic carbocycles. The SMILES string of the molecule is CC(C)CNC(=O)CCc1ccccc1. The predicted octanol–water partition coefficient (Wildman–Crippen LogP) is 2.39. The average Bonchev–Trinajstić information content (AvgIpc) is 2.25. The first kappa shape index (κ1) is 11.8. The van der Waals surface area contributed by atoms with Crippen LogP contribution in [0.25, 0.3) is 0 Å². The van der Waals surface area contributed by atoms with Gasteiger partial charge in [-0.2, -0.15) is 0 Å². The third kappa shape index (κ3) is 5.21. The Kier molecular flexibility index (Phi) is 4.88. The molecule has 82 valence electrons. The highest BCUT2D eigenvalue weighted by atomic mass is 16.1. The van der Waals surface area contributed by atoms with Crippen molar-refractivity contribution in [2.75, 3.05) is 6.54 Å². The van der Waals surface area contributed by atoms with Crippen molar-refractivity contribution in [3.8, 4) is 0 Å². The Labute approximate surface area is 91.7 Å². The number of benzene rings is 1. The van der Waals surface area contributed by atoms with Crippen LogP contribution in [-0.4, -0.2) is 12.5 Å². The smallest absolute Gasteiger partial charge is 0.220 e. The van der Waals surface area contributed by atoms with Crippen LogP contribution in [0.15, 0.2) is 30.3 Å². The number of rotatable bonds is 5. The van der Waals surface area contributed by atoms with Crippen LogP contribution < -0.4 is 5.32 Å². The summed E-state index contributed by atoms with van der Waals surface area (Å²) < 4.78 is 0. The minimum atomic E-state index is 0.146. The molecule has 0 aromatic heterocycles. The lowest BCUT2D eigenvalue weighted by molar-refractivity contribution is -0.121. The highest BCUT2D eigenvalue weighted by Crippen LogP contribution is 2.02. The summed E-state index contributed by atoms with van der Waals surface area (Å²) in [4.78, 5) is 11.4. The number of aryl methyl sites for hydroxylation is 1. The largest absolute Gasteiger partial charge is 0.356 e. The van der Waals surface area contributed by atoms with Gasteiger partial charge in [0.15, 0.2) is 0 Å². The second kappa shape index (κ2) is 6.23. The van der Waals surface area contributed by atoms with E-state index in [1.54, 1.807) is 0 Å². The third-order valence-corrected chi connectivity index (χ3v) is 2.19. The molecule has 0 radical (unpaired) electrons. The Hall–Kier alpha value is -1.31. The van der Waals surface area contributed by atoms with Gasteiger partial charge in [0, 0.05) is 13.0 Å². The van der Waals surface area contributed by atoms with Gasteiger partial charge >= 0.3 is 0 Å². The van der Waals surface area contributed by atoms with E-state index in [1.165, 1.54) is 5.56 Å². The number of carbonyl (C=O) groups is 1. The average molecular weight is 205 g/mol. The molecule has 1 N–H and O–H groups in total. The Morgan fingerprint density at radius 3 is 2.53 bits per heavy atom. The van der Waals surface area contributed by atoms with Gasteiger partial charge in [0.05, 0.1) is 0 Å². The van der Waals surface area contributed by atoms with Gasteiger partial charge < -0.3 is 5.32 Å².